The second-order valence-electron chi connectivity index (χ2n) is 6.13. The van der Waals surface area contributed by atoms with Crippen molar-refractivity contribution in [3.63, 3.8) is 0 Å². The SMILES string of the molecule is Cn1c(CN2CCO[C@@H](c3nccs3)C2)nnc1C1CCC1. The van der Waals surface area contributed by atoms with Gasteiger partial charge < -0.3 is 9.30 Å². The highest BCUT2D eigenvalue weighted by molar-refractivity contribution is 7.09. The number of nitrogens with zero attached hydrogens (tertiary/aromatic N) is 5. The highest BCUT2D eigenvalue weighted by Crippen LogP contribution is 2.35. The molecule has 2 aliphatic rings. The standard InChI is InChI=1S/C15H21N5OS/c1-19-13(17-18-14(19)11-3-2-4-11)10-20-6-7-21-12(9-20)15-16-5-8-22-15/h5,8,11-12H,2-4,6-7,9-10H2,1H3/t12-/m1/s1. The van der Waals surface area contributed by atoms with E-state index in [0.717, 1.165) is 42.9 Å². The van der Waals surface area contributed by atoms with E-state index < -0.39 is 0 Å². The van der Waals surface area contributed by atoms with Crippen LogP contribution in [0.1, 0.15) is 47.9 Å². The van der Waals surface area contributed by atoms with Gasteiger partial charge in [-0.2, -0.15) is 0 Å². The Morgan fingerprint density at radius 1 is 1.36 bits per heavy atom. The summed E-state index contributed by atoms with van der Waals surface area (Å²) in [6.45, 7) is 3.39. The minimum atomic E-state index is 0.0908. The lowest BCUT2D eigenvalue weighted by Gasteiger charge is -2.31. The Hall–Kier alpha value is -1.31. The first-order valence-corrected chi connectivity index (χ1v) is 8.80. The molecule has 0 spiro atoms. The fourth-order valence-electron chi connectivity index (χ4n) is 3.12. The molecule has 2 aromatic rings. The first kappa shape index (κ1) is 14.3. The van der Waals surface area contributed by atoms with Crippen LogP contribution in [0.25, 0.3) is 0 Å². The monoisotopic (exact) mass is 319 g/mol. The predicted molar refractivity (Wildman–Crippen MR) is 83.7 cm³/mol. The van der Waals surface area contributed by atoms with Crippen molar-refractivity contribution in [2.45, 2.75) is 37.8 Å². The number of hydrogen-bond donors (Lipinski definition) is 0. The van der Waals surface area contributed by atoms with Crippen molar-refractivity contribution in [1.29, 1.82) is 0 Å². The molecule has 7 heteroatoms. The van der Waals surface area contributed by atoms with Crippen LogP contribution in [-0.2, 0) is 18.3 Å². The third-order valence-corrected chi connectivity index (χ3v) is 5.58. The molecule has 1 saturated heterocycles. The highest BCUT2D eigenvalue weighted by Gasteiger charge is 2.28. The number of hydrogen-bond acceptors (Lipinski definition) is 6. The Bertz CT molecular complexity index is 622. The Labute approximate surface area is 134 Å². The summed E-state index contributed by atoms with van der Waals surface area (Å²) in [5, 5.41) is 11.9. The fourth-order valence-corrected chi connectivity index (χ4v) is 3.80. The summed E-state index contributed by atoms with van der Waals surface area (Å²) in [6.07, 6.45) is 5.78. The Morgan fingerprint density at radius 2 is 2.27 bits per heavy atom. The second kappa shape index (κ2) is 6.06. The molecule has 0 bridgehead atoms. The maximum Gasteiger partial charge on any atom is 0.146 e. The molecule has 0 unspecified atom stereocenters. The van der Waals surface area contributed by atoms with Gasteiger partial charge in [0.1, 0.15) is 22.8 Å². The van der Waals surface area contributed by atoms with E-state index in [0.29, 0.717) is 5.92 Å². The van der Waals surface area contributed by atoms with E-state index in [1.54, 1.807) is 11.3 Å². The normalized spacial score (nSPS) is 23.6. The molecule has 2 fully saturated rings. The summed E-state index contributed by atoms with van der Waals surface area (Å²) in [4.78, 5) is 6.77. The van der Waals surface area contributed by atoms with Crippen LogP contribution < -0.4 is 0 Å². The van der Waals surface area contributed by atoms with Crippen LogP contribution in [0.2, 0.25) is 0 Å². The van der Waals surface area contributed by atoms with E-state index in [-0.39, 0.29) is 6.10 Å². The van der Waals surface area contributed by atoms with Gasteiger partial charge in [0.15, 0.2) is 0 Å². The number of morpholine rings is 1. The van der Waals surface area contributed by atoms with Gasteiger partial charge in [0.2, 0.25) is 0 Å². The van der Waals surface area contributed by atoms with Gasteiger partial charge >= 0.3 is 0 Å². The Morgan fingerprint density at radius 3 is 3.00 bits per heavy atom. The van der Waals surface area contributed by atoms with Gasteiger partial charge in [-0.25, -0.2) is 4.98 Å². The molecule has 0 amide bonds. The van der Waals surface area contributed by atoms with Gasteiger partial charge in [-0.1, -0.05) is 6.42 Å². The summed E-state index contributed by atoms with van der Waals surface area (Å²) >= 11 is 1.66. The zero-order valence-corrected chi connectivity index (χ0v) is 13.6. The summed E-state index contributed by atoms with van der Waals surface area (Å²) in [7, 11) is 2.10. The minimum Gasteiger partial charge on any atom is -0.368 e. The summed E-state index contributed by atoms with van der Waals surface area (Å²) < 4.78 is 8.05. The van der Waals surface area contributed by atoms with Crippen molar-refractivity contribution in [1.82, 2.24) is 24.6 Å². The molecular weight excluding hydrogens is 298 g/mol. The van der Waals surface area contributed by atoms with Crippen molar-refractivity contribution < 1.29 is 4.74 Å². The third-order valence-electron chi connectivity index (χ3n) is 4.71. The molecule has 0 N–H and O–H groups in total. The Kier molecular flexibility index (Phi) is 3.94. The maximum absolute atomic E-state index is 5.85. The third kappa shape index (κ3) is 2.68. The molecule has 0 aromatic carbocycles. The topological polar surface area (TPSA) is 56.1 Å². The molecule has 0 radical (unpaired) electrons. The van der Waals surface area contributed by atoms with Gasteiger partial charge in [-0.15, -0.1) is 21.5 Å². The van der Waals surface area contributed by atoms with Crippen LogP contribution in [0.4, 0.5) is 0 Å². The lowest BCUT2D eigenvalue weighted by Crippen LogP contribution is -2.38. The molecule has 4 rings (SSSR count). The molecular formula is C15H21N5OS. The molecule has 118 valence electrons. The Balaban J connectivity index is 1.43. The molecule has 2 aromatic heterocycles. The maximum atomic E-state index is 5.85. The van der Waals surface area contributed by atoms with Crippen LogP contribution in [0.3, 0.4) is 0 Å². The first-order valence-electron chi connectivity index (χ1n) is 7.93. The molecule has 22 heavy (non-hydrogen) atoms. The number of thiazole rings is 1. The van der Waals surface area contributed by atoms with Crippen LogP contribution in [0.15, 0.2) is 11.6 Å². The molecule has 1 saturated carbocycles. The van der Waals surface area contributed by atoms with E-state index in [1.165, 1.54) is 19.3 Å². The van der Waals surface area contributed by atoms with Gasteiger partial charge in [0, 0.05) is 37.6 Å². The zero-order chi connectivity index (χ0) is 14.9. The number of aromatic nitrogens is 4. The molecule has 1 atom stereocenters. The second-order valence-corrected chi connectivity index (χ2v) is 7.05. The molecule has 6 nitrogen and oxygen atoms in total. The average Bonchev–Trinajstić information content (AvgIpc) is 3.11. The quantitative estimate of drug-likeness (QED) is 0.864. The van der Waals surface area contributed by atoms with Gasteiger partial charge in [-0.05, 0) is 12.8 Å². The summed E-state index contributed by atoms with van der Waals surface area (Å²) in [5.41, 5.74) is 0. The van der Waals surface area contributed by atoms with E-state index >= 15 is 0 Å². The lowest BCUT2D eigenvalue weighted by molar-refractivity contribution is -0.0340. The number of rotatable bonds is 4. The summed E-state index contributed by atoms with van der Waals surface area (Å²) in [5.74, 6) is 2.84. The van der Waals surface area contributed by atoms with Gasteiger partial charge in [0.25, 0.3) is 0 Å². The van der Waals surface area contributed by atoms with E-state index in [4.69, 9.17) is 4.74 Å². The first-order chi connectivity index (χ1) is 10.8. The summed E-state index contributed by atoms with van der Waals surface area (Å²) in [6, 6.07) is 0. The minimum absolute atomic E-state index is 0.0908. The zero-order valence-electron chi connectivity index (χ0n) is 12.8. The van der Waals surface area contributed by atoms with Crippen molar-refractivity contribution >= 4 is 11.3 Å². The van der Waals surface area contributed by atoms with Crippen molar-refractivity contribution in [2.24, 2.45) is 7.05 Å². The average molecular weight is 319 g/mol. The van der Waals surface area contributed by atoms with Crippen molar-refractivity contribution in [3.8, 4) is 0 Å². The fraction of sp³-hybridized carbons (Fsp3) is 0.667. The van der Waals surface area contributed by atoms with E-state index in [1.807, 2.05) is 11.6 Å². The van der Waals surface area contributed by atoms with Gasteiger partial charge in [0.05, 0.1) is 13.2 Å². The van der Waals surface area contributed by atoms with Crippen LogP contribution >= 0.6 is 11.3 Å². The van der Waals surface area contributed by atoms with Crippen molar-refractivity contribution in [2.75, 3.05) is 19.7 Å². The van der Waals surface area contributed by atoms with Crippen molar-refractivity contribution in [3.05, 3.63) is 28.2 Å². The van der Waals surface area contributed by atoms with Crippen LogP contribution in [-0.4, -0.2) is 44.3 Å². The van der Waals surface area contributed by atoms with E-state index in [2.05, 4.69) is 31.7 Å². The smallest absolute Gasteiger partial charge is 0.146 e. The molecule has 1 aliphatic heterocycles. The predicted octanol–water partition coefficient (Wildman–Crippen LogP) is 2.11. The van der Waals surface area contributed by atoms with Crippen LogP contribution in [0.5, 0.6) is 0 Å². The molecule has 3 heterocycles. The lowest BCUT2D eigenvalue weighted by atomic mass is 9.85. The number of ether oxygens (including phenoxy) is 1. The van der Waals surface area contributed by atoms with Crippen LogP contribution in [0, 0.1) is 0 Å². The van der Waals surface area contributed by atoms with Gasteiger partial charge in [-0.3, -0.25) is 4.90 Å². The molecule has 1 aliphatic carbocycles. The highest BCUT2D eigenvalue weighted by atomic mass is 32.1. The largest absolute Gasteiger partial charge is 0.368 e. The van der Waals surface area contributed by atoms with E-state index in [9.17, 15) is 0 Å².